The quantitative estimate of drug-likeness (QED) is 0.782. The van der Waals surface area contributed by atoms with Crippen LogP contribution in [0.2, 0.25) is 0 Å². The summed E-state index contributed by atoms with van der Waals surface area (Å²) in [5, 5.41) is 20.3. The van der Waals surface area contributed by atoms with E-state index in [2.05, 4.69) is 38.4 Å². The number of nitrogens with zero attached hydrogens (tertiary/aromatic N) is 3. The second kappa shape index (κ2) is 4.68. The van der Waals surface area contributed by atoms with Gasteiger partial charge in [0.1, 0.15) is 11.3 Å². The van der Waals surface area contributed by atoms with Crippen LogP contribution >= 0.6 is 15.9 Å². The first-order chi connectivity index (χ1) is 9.43. The lowest BCUT2D eigenvalue weighted by atomic mass is 10.1. The van der Waals surface area contributed by atoms with E-state index in [4.69, 9.17) is 0 Å². The fraction of sp³-hybridized carbons (Fsp3) is 0.200. The second-order valence-corrected chi connectivity index (χ2v) is 6.20. The summed E-state index contributed by atoms with van der Waals surface area (Å²) in [7, 11) is 0. The zero-order chi connectivity index (χ0) is 14.3. The summed E-state index contributed by atoms with van der Waals surface area (Å²) >= 11 is 3.47. The predicted octanol–water partition coefficient (Wildman–Crippen LogP) is 3.41. The van der Waals surface area contributed by atoms with Crippen LogP contribution in [-0.4, -0.2) is 20.1 Å². The van der Waals surface area contributed by atoms with Crippen molar-refractivity contribution >= 4 is 26.7 Å². The summed E-state index contributed by atoms with van der Waals surface area (Å²) in [6, 6.07) is 12.2. The summed E-state index contributed by atoms with van der Waals surface area (Å²) < 4.78 is 2.73. The van der Waals surface area contributed by atoms with E-state index in [0.717, 1.165) is 20.9 Å². The Labute approximate surface area is 125 Å². The normalized spacial score (nSPS) is 12.0. The molecule has 0 unspecified atom stereocenters. The first-order valence-electron chi connectivity index (χ1n) is 6.28. The lowest BCUT2D eigenvalue weighted by Gasteiger charge is -2.11. The molecule has 20 heavy (non-hydrogen) atoms. The van der Waals surface area contributed by atoms with Gasteiger partial charge in [-0.05, 0) is 48.9 Å². The molecule has 0 fully saturated rings. The maximum Gasteiger partial charge on any atom is 0.114 e. The number of hydrogen-bond acceptors (Lipinski definition) is 3. The molecule has 0 aliphatic carbocycles. The van der Waals surface area contributed by atoms with Crippen molar-refractivity contribution in [2.75, 3.05) is 0 Å². The minimum absolute atomic E-state index is 0.549. The zero-order valence-electron chi connectivity index (χ0n) is 11.2. The van der Waals surface area contributed by atoms with Gasteiger partial charge in [-0.3, -0.25) is 0 Å². The van der Waals surface area contributed by atoms with E-state index in [0.29, 0.717) is 5.69 Å². The van der Waals surface area contributed by atoms with E-state index >= 15 is 0 Å². The number of benzene rings is 2. The fourth-order valence-electron chi connectivity index (χ4n) is 2.02. The predicted molar refractivity (Wildman–Crippen MR) is 81.8 cm³/mol. The third-order valence-corrected chi connectivity index (χ3v) is 3.66. The van der Waals surface area contributed by atoms with Crippen LogP contribution in [0.4, 0.5) is 0 Å². The van der Waals surface area contributed by atoms with Gasteiger partial charge in [-0.1, -0.05) is 33.3 Å². The van der Waals surface area contributed by atoms with Gasteiger partial charge < -0.3 is 5.11 Å². The average Bonchev–Trinajstić information content (AvgIpc) is 2.87. The van der Waals surface area contributed by atoms with Crippen LogP contribution in [-0.2, 0) is 5.60 Å². The number of aliphatic hydroxyl groups is 1. The highest BCUT2D eigenvalue weighted by Crippen LogP contribution is 2.23. The van der Waals surface area contributed by atoms with Gasteiger partial charge in [0.15, 0.2) is 0 Å². The van der Waals surface area contributed by atoms with Gasteiger partial charge in [-0.15, -0.1) is 5.10 Å². The molecular weight excluding hydrogens is 318 g/mol. The maximum atomic E-state index is 9.93. The molecule has 0 bridgehead atoms. The third kappa shape index (κ3) is 2.46. The number of aromatic nitrogens is 3. The van der Waals surface area contributed by atoms with Crippen molar-refractivity contribution in [2.45, 2.75) is 19.4 Å². The molecule has 102 valence electrons. The van der Waals surface area contributed by atoms with Crippen molar-refractivity contribution in [3.05, 3.63) is 52.8 Å². The third-order valence-electron chi connectivity index (χ3n) is 3.17. The molecule has 1 aromatic heterocycles. The molecule has 1 heterocycles. The van der Waals surface area contributed by atoms with Crippen LogP contribution in [0.3, 0.4) is 0 Å². The molecule has 0 aliphatic rings. The Bertz CT molecular complexity index is 774. The van der Waals surface area contributed by atoms with Crippen LogP contribution in [0, 0.1) is 0 Å². The van der Waals surface area contributed by atoms with Crippen molar-refractivity contribution in [2.24, 2.45) is 0 Å². The maximum absolute atomic E-state index is 9.93. The van der Waals surface area contributed by atoms with Crippen molar-refractivity contribution in [1.82, 2.24) is 15.0 Å². The van der Waals surface area contributed by atoms with Crippen molar-refractivity contribution < 1.29 is 5.11 Å². The molecule has 2 aromatic carbocycles. The molecular formula is C15H14BrN3O. The average molecular weight is 332 g/mol. The topological polar surface area (TPSA) is 50.9 Å². The Hall–Kier alpha value is -1.72. The Morgan fingerprint density at radius 3 is 2.50 bits per heavy atom. The van der Waals surface area contributed by atoms with Crippen LogP contribution in [0.15, 0.2) is 47.1 Å². The number of rotatable bonds is 2. The lowest BCUT2D eigenvalue weighted by Crippen LogP contribution is -2.15. The monoisotopic (exact) mass is 331 g/mol. The minimum atomic E-state index is -0.986. The number of halogens is 1. The Morgan fingerprint density at radius 1 is 1.10 bits per heavy atom. The van der Waals surface area contributed by atoms with Gasteiger partial charge in [-0.2, -0.15) is 0 Å². The van der Waals surface area contributed by atoms with Crippen molar-refractivity contribution in [1.29, 1.82) is 0 Å². The van der Waals surface area contributed by atoms with Gasteiger partial charge in [-0.25, -0.2) is 4.68 Å². The molecule has 4 nitrogen and oxygen atoms in total. The molecule has 0 saturated heterocycles. The lowest BCUT2D eigenvalue weighted by molar-refractivity contribution is 0.0737. The minimum Gasteiger partial charge on any atom is -0.384 e. The van der Waals surface area contributed by atoms with E-state index in [9.17, 15) is 5.11 Å². The van der Waals surface area contributed by atoms with Crippen molar-refractivity contribution in [3.8, 4) is 5.69 Å². The van der Waals surface area contributed by atoms with E-state index in [-0.39, 0.29) is 0 Å². The van der Waals surface area contributed by atoms with Gasteiger partial charge in [0.25, 0.3) is 0 Å². The second-order valence-electron chi connectivity index (χ2n) is 5.28. The molecule has 5 heteroatoms. The number of hydrogen-bond donors (Lipinski definition) is 1. The summed E-state index contributed by atoms with van der Waals surface area (Å²) in [5.74, 6) is 0. The molecule has 1 N–H and O–H groups in total. The van der Waals surface area contributed by atoms with Gasteiger partial charge in [0.05, 0.1) is 11.9 Å². The van der Waals surface area contributed by atoms with E-state index in [1.54, 1.807) is 24.7 Å². The Morgan fingerprint density at radius 2 is 1.80 bits per heavy atom. The Kier molecular flexibility index (Phi) is 3.11. The van der Waals surface area contributed by atoms with E-state index < -0.39 is 5.60 Å². The highest BCUT2D eigenvalue weighted by molar-refractivity contribution is 9.10. The molecule has 0 amide bonds. The van der Waals surface area contributed by atoms with Crippen LogP contribution < -0.4 is 0 Å². The summed E-state index contributed by atoms with van der Waals surface area (Å²) in [4.78, 5) is 0. The number of fused-ring (bicyclic) bond motifs is 1. The molecule has 3 rings (SSSR count). The highest BCUT2D eigenvalue weighted by Gasteiger charge is 2.20. The van der Waals surface area contributed by atoms with Crippen LogP contribution in [0.25, 0.3) is 16.5 Å². The smallest absolute Gasteiger partial charge is 0.114 e. The van der Waals surface area contributed by atoms with Gasteiger partial charge in [0, 0.05) is 4.47 Å². The highest BCUT2D eigenvalue weighted by atomic mass is 79.9. The van der Waals surface area contributed by atoms with Crippen molar-refractivity contribution in [3.63, 3.8) is 0 Å². The van der Waals surface area contributed by atoms with E-state index in [1.807, 2.05) is 24.3 Å². The molecule has 0 aliphatic heterocycles. The largest absolute Gasteiger partial charge is 0.384 e. The van der Waals surface area contributed by atoms with Crippen LogP contribution in [0.5, 0.6) is 0 Å². The van der Waals surface area contributed by atoms with Gasteiger partial charge >= 0.3 is 0 Å². The first kappa shape index (κ1) is 13.3. The van der Waals surface area contributed by atoms with Crippen LogP contribution in [0.1, 0.15) is 19.5 Å². The SMILES string of the molecule is CC(C)(O)c1cn(-c2ccc3cc(Br)ccc3c2)nn1. The Balaban J connectivity index is 2.06. The fourth-order valence-corrected chi connectivity index (χ4v) is 2.40. The molecule has 0 radical (unpaired) electrons. The van der Waals surface area contributed by atoms with E-state index in [1.165, 1.54) is 0 Å². The summed E-state index contributed by atoms with van der Waals surface area (Å²) in [5.41, 5.74) is 0.483. The molecule has 0 spiro atoms. The molecule has 3 aromatic rings. The standard InChI is InChI=1S/C15H14BrN3O/c1-15(2,20)14-9-19(18-17-14)13-6-4-10-7-12(16)5-3-11(10)8-13/h3-9,20H,1-2H3. The van der Waals surface area contributed by atoms with Gasteiger partial charge in [0.2, 0.25) is 0 Å². The first-order valence-corrected chi connectivity index (χ1v) is 7.08. The summed E-state index contributed by atoms with van der Waals surface area (Å²) in [6.07, 6.45) is 1.75. The zero-order valence-corrected chi connectivity index (χ0v) is 12.8. The molecule has 0 saturated carbocycles. The summed E-state index contributed by atoms with van der Waals surface area (Å²) in [6.45, 7) is 3.39. The molecule has 0 atom stereocenters.